The van der Waals surface area contributed by atoms with Gasteiger partial charge in [0.2, 0.25) is 4.77 Å². The highest BCUT2D eigenvalue weighted by Gasteiger charge is 2.21. The zero-order valence-corrected chi connectivity index (χ0v) is 21.3. The smallest absolute Gasteiger partial charge is 0.203 e. The molecule has 1 aromatic heterocycles. The highest BCUT2D eigenvalue weighted by molar-refractivity contribution is 7.71. The Balaban J connectivity index is 1.97. The molecule has 0 spiro atoms. The van der Waals surface area contributed by atoms with Crippen molar-refractivity contribution in [3.8, 4) is 11.8 Å². The molecular formula is C25H32FN7S. The lowest BCUT2D eigenvalue weighted by molar-refractivity contribution is 0.177. The van der Waals surface area contributed by atoms with Gasteiger partial charge in [-0.2, -0.15) is 10.4 Å². The Kier molecular flexibility index (Phi) is 8.69. The van der Waals surface area contributed by atoms with E-state index in [2.05, 4.69) is 27.7 Å². The van der Waals surface area contributed by atoms with Gasteiger partial charge in [-0.15, -0.1) is 0 Å². The van der Waals surface area contributed by atoms with Gasteiger partial charge in [-0.3, -0.25) is 14.4 Å². The first kappa shape index (κ1) is 25.7. The molecule has 7 nitrogen and oxygen atoms in total. The predicted octanol–water partition coefficient (Wildman–Crippen LogP) is 4.06. The summed E-state index contributed by atoms with van der Waals surface area (Å²) in [5.74, 6) is 0.509. The number of aromatic nitrogens is 3. The Morgan fingerprint density at radius 1 is 1.03 bits per heavy atom. The van der Waals surface area contributed by atoms with Crippen molar-refractivity contribution < 1.29 is 4.39 Å². The van der Waals surface area contributed by atoms with Gasteiger partial charge >= 0.3 is 0 Å². The molecule has 1 atom stereocenters. The van der Waals surface area contributed by atoms with Crippen LogP contribution in [0.4, 0.5) is 4.39 Å². The summed E-state index contributed by atoms with van der Waals surface area (Å²) in [5.41, 5.74) is 2.54. The van der Waals surface area contributed by atoms with Crippen molar-refractivity contribution >= 4 is 12.2 Å². The van der Waals surface area contributed by atoms with Gasteiger partial charge in [0, 0.05) is 25.3 Å². The van der Waals surface area contributed by atoms with Gasteiger partial charge in [0.1, 0.15) is 5.82 Å². The van der Waals surface area contributed by atoms with Crippen LogP contribution in [-0.4, -0.2) is 70.3 Å². The molecule has 0 amide bonds. The minimum absolute atomic E-state index is 0.00162. The Morgan fingerprint density at radius 2 is 1.68 bits per heavy atom. The first-order valence-corrected chi connectivity index (χ1v) is 11.6. The van der Waals surface area contributed by atoms with Crippen LogP contribution < -0.4 is 0 Å². The molecule has 0 aliphatic heterocycles. The van der Waals surface area contributed by atoms with Gasteiger partial charge < -0.3 is 4.90 Å². The molecule has 1 heterocycles. The molecule has 0 saturated heterocycles. The number of nitrogens with zero attached hydrogens (tertiary/aromatic N) is 7. The van der Waals surface area contributed by atoms with Crippen molar-refractivity contribution in [3.05, 3.63) is 76.1 Å². The molecular weight excluding hydrogens is 449 g/mol. The van der Waals surface area contributed by atoms with E-state index in [1.165, 1.54) is 12.1 Å². The number of hydrogen-bond donors (Lipinski definition) is 0. The second kappa shape index (κ2) is 11.5. The molecule has 34 heavy (non-hydrogen) atoms. The lowest BCUT2D eigenvalue weighted by atomic mass is 10.1. The van der Waals surface area contributed by atoms with Crippen molar-refractivity contribution in [3.63, 3.8) is 0 Å². The molecule has 0 saturated carbocycles. The lowest BCUT2D eigenvalue weighted by Crippen LogP contribution is -2.33. The van der Waals surface area contributed by atoms with Crippen LogP contribution in [0, 0.1) is 21.9 Å². The molecule has 0 N–H and O–H groups in total. The second-order valence-electron chi connectivity index (χ2n) is 8.90. The van der Waals surface area contributed by atoms with E-state index in [1.54, 1.807) is 12.1 Å². The third kappa shape index (κ3) is 6.36. The molecule has 3 aromatic rings. The van der Waals surface area contributed by atoms with Crippen LogP contribution in [0.1, 0.15) is 29.9 Å². The summed E-state index contributed by atoms with van der Waals surface area (Å²) in [4.78, 5) is 6.49. The van der Waals surface area contributed by atoms with E-state index in [0.29, 0.717) is 23.5 Å². The summed E-state index contributed by atoms with van der Waals surface area (Å²) in [7, 11) is 8.09. The normalized spacial score (nSPS) is 12.5. The van der Waals surface area contributed by atoms with Crippen LogP contribution in [0.5, 0.6) is 0 Å². The van der Waals surface area contributed by atoms with Gasteiger partial charge in [0.15, 0.2) is 5.82 Å². The van der Waals surface area contributed by atoms with E-state index >= 15 is 0 Å². The van der Waals surface area contributed by atoms with Crippen LogP contribution in [0.15, 0.2) is 48.5 Å². The summed E-state index contributed by atoms with van der Waals surface area (Å²) in [6.45, 7) is 4.97. The van der Waals surface area contributed by atoms with E-state index in [0.717, 1.165) is 30.2 Å². The minimum Gasteiger partial charge on any atom is -0.308 e. The minimum atomic E-state index is -0.290. The highest BCUT2D eigenvalue weighted by Crippen LogP contribution is 2.22. The third-order valence-electron chi connectivity index (χ3n) is 5.78. The fraction of sp³-hybridized carbons (Fsp3) is 0.400. The standard InChI is InChI=1S/C25H32FN7S/c1-19(30(4)5)24-28-32(25(34)33(24)23-12-10-22(26)11-13-23)18-31(15-14-29(2)3)17-21-8-6-20(16-27)7-9-21/h6-13,19H,14-15,17-18H2,1-5H3. The van der Waals surface area contributed by atoms with Gasteiger partial charge in [-0.1, -0.05) is 12.1 Å². The number of halogens is 1. The monoisotopic (exact) mass is 481 g/mol. The summed E-state index contributed by atoms with van der Waals surface area (Å²) in [6.07, 6.45) is 0. The summed E-state index contributed by atoms with van der Waals surface area (Å²) < 4.78 is 17.9. The maximum atomic E-state index is 13.6. The average Bonchev–Trinajstić information content (AvgIpc) is 3.13. The zero-order chi connectivity index (χ0) is 24.8. The predicted molar refractivity (Wildman–Crippen MR) is 135 cm³/mol. The number of nitriles is 1. The highest BCUT2D eigenvalue weighted by atomic mass is 32.1. The SMILES string of the molecule is CC(c1nn(CN(CCN(C)C)Cc2ccc(C#N)cc2)c(=S)n1-c1ccc(F)cc1)N(C)C. The van der Waals surface area contributed by atoms with Crippen LogP contribution in [0.25, 0.3) is 5.69 Å². The molecule has 0 bridgehead atoms. The van der Waals surface area contributed by atoms with E-state index in [-0.39, 0.29) is 11.9 Å². The molecule has 180 valence electrons. The van der Waals surface area contributed by atoms with E-state index in [9.17, 15) is 4.39 Å². The Morgan fingerprint density at radius 3 is 2.24 bits per heavy atom. The first-order chi connectivity index (χ1) is 16.2. The molecule has 0 aliphatic rings. The van der Waals surface area contributed by atoms with Crippen molar-refractivity contribution in [1.29, 1.82) is 5.26 Å². The Hall–Kier alpha value is -2.90. The fourth-order valence-electron chi connectivity index (χ4n) is 3.52. The quantitative estimate of drug-likeness (QED) is 0.407. The molecule has 0 fully saturated rings. The maximum Gasteiger partial charge on any atom is 0.203 e. The number of rotatable bonds is 10. The van der Waals surface area contributed by atoms with Crippen LogP contribution >= 0.6 is 12.2 Å². The molecule has 3 rings (SSSR count). The molecule has 1 unspecified atom stereocenters. The number of hydrogen-bond acceptors (Lipinski definition) is 6. The van der Waals surface area contributed by atoms with E-state index < -0.39 is 0 Å². The van der Waals surface area contributed by atoms with Crippen molar-refractivity contribution in [2.75, 3.05) is 41.3 Å². The topological polar surface area (TPSA) is 56.3 Å². The average molecular weight is 482 g/mol. The number of benzene rings is 2. The summed E-state index contributed by atoms with van der Waals surface area (Å²) in [5, 5.41) is 14.0. The Labute approximate surface area is 206 Å². The van der Waals surface area contributed by atoms with Crippen molar-refractivity contribution in [2.45, 2.75) is 26.2 Å². The molecule has 0 aliphatic carbocycles. The van der Waals surface area contributed by atoms with E-state index in [4.69, 9.17) is 22.6 Å². The summed E-state index contributed by atoms with van der Waals surface area (Å²) >= 11 is 5.86. The lowest BCUT2D eigenvalue weighted by Gasteiger charge is -2.24. The number of likely N-dealkylation sites (N-methyl/N-ethyl adjacent to an activating group) is 1. The van der Waals surface area contributed by atoms with Crippen LogP contribution in [0.3, 0.4) is 0 Å². The molecule has 0 radical (unpaired) electrons. The van der Waals surface area contributed by atoms with Gasteiger partial charge in [-0.25, -0.2) is 9.07 Å². The zero-order valence-electron chi connectivity index (χ0n) is 20.4. The first-order valence-electron chi connectivity index (χ1n) is 11.2. The maximum absolute atomic E-state index is 13.6. The van der Waals surface area contributed by atoms with Gasteiger partial charge in [0.05, 0.1) is 24.3 Å². The Bertz CT molecular complexity index is 1170. The van der Waals surface area contributed by atoms with Crippen molar-refractivity contribution in [1.82, 2.24) is 29.0 Å². The van der Waals surface area contributed by atoms with Crippen molar-refractivity contribution in [2.24, 2.45) is 0 Å². The molecule has 2 aromatic carbocycles. The summed E-state index contributed by atoms with van der Waals surface area (Å²) in [6, 6.07) is 16.1. The van der Waals surface area contributed by atoms with Crippen LogP contribution in [0.2, 0.25) is 0 Å². The molecule has 9 heteroatoms. The fourth-order valence-corrected chi connectivity index (χ4v) is 3.82. The van der Waals surface area contributed by atoms with Crippen LogP contribution in [-0.2, 0) is 13.2 Å². The van der Waals surface area contributed by atoms with E-state index in [1.807, 2.05) is 61.7 Å². The second-order valence-corrected chi connectivity index (χ2v) is 9.26. The third-order valence-corrected chi connectivity index (χ3v) is 6.18. The largest absolute Gasteiger partial charge is 0.308 e. The van der Waals surface area contributed by atoms with Gasteiger partial charge in [-0.05, 0) is 89.3 Å². The van der Waals surface area contributed by atoms with Gasteiger partial charge in [0.25, 0.3) is 0 Å².